The van der Waals surface area contributed by atoms with Crippen molar-refractivity contribution in [2.45, 2.75) is 6.42 Å². The molecule has 1 N–H and O–H groups in total. The Hall–Kier alpha value is -2.47. The predicted octanol–water partition coefficient (Wildman–Crippen LogP) is 3.64. The zero-order chi connectivity index (χ0) is 19.2. The van der Waals surface area contributed by atoms with Gasteiger partial charge in [-0.15, -0.1) is 0 Å². The molecule has 1 heterocycles. The lowest BCUT2D eigenvalue weighted by Gasteiger charge is -2.36. The summed E-state index contributed by atoms with van der Waals surface area (Å²) in [5.41, 5.74) is 1.76. The number of anilines is 2. The van der Waals surface area contributed by atoms with Gasteiger partial charge in [0.05, 0.1) is 17.8 Å². The summed E-state index contributed by atoms with van der Waals surface area (Å²) in [6.45, 7) is 3.38. The third kappa shape index (κ3) is 4.83. The van der Waals surface area contributed by atoms with Crippen molar-refractivity contribution in [2.75, 3.05) is 50.1 Å². The molecule has 3 rings (SSSR count). The number of para-hydroxylation sites is 2. The normalized spacial score (nSPS) is 14.2. The lowest BCUT2D eigenvalue weighted by Crippen LogP contribution is -2.49. The molecule has 27 heavy (non-hydrogen) atoms. The quantitative estimate of drug-likeness (QED) is 0.816. The molecule has 2 aromatic carbocycles. The Morgan fingerprint density at radius 3 is 2.63 bits per heavy atom. The lowest BCUT2D eigenvalue weighted by atomic mass is 10.2. The number of nitrogens with zero attached hydrogens (tertiary/aromatic N) is 2. The second-order valence-corrected chi connectivity index (χ2v) is 6.75. The van der Waals surface area contributed by atoms with Crippen LogP contribution in [0.1, 0.15) is 6.42 Å². The fourth-order valence-corrected chi connectivity index (χ4v) is 3.35. The Bertz CT molecular complexity index is 795. The first-order valence-corrected chi connectivity index (χ1v) is 9.31. The second-order valence-electron chi connectivity index (χ2n) is 6.35. The number of hydrogen-bond donors (Lipinski definition) is 1. The van der Waals surface area contributed by atoms with Crippen LogP contribution in [-0.2, 0) is 4.79 Å². The van der Waals surface area contributed by atoms with Crippen molar-refractivity contribution in [2.24, 2.45) is 0 Å². The van der Waals surface area contributed by atoms with Crippen LogP contribution >= 0.6 is 11.6 Å². The van der Waals surface area contributed by atoms with E-state index in [4.69, 9.17) is 16.3 Å². The van der Waals surface area contributed by atoms with Gasteiger partial charge in [-0.2, -0.15) is 0 Å². The summed E-state index contributed by atoms with van der Waals surface area (Å²) in [5, 5.41) is 3.18. The van der Waals surface area contributed by atoms with Crippen LogP contribution < -0.4 is 15.0 Å². The number of carbonyl (C=O) groups is 1. The molecule has 2 aromatic rings. The van der Waals surface area contributed by atoms with Crippen molar-refractivity contribution in [3.63, 3.8) is 0 Å². The largest absolute Gasteiger partial charge is 0.495 e. The zero-order valence-corrected chi connectivity index (χ0v) is 16.0. The molecule has 0 bridgehead atoms. The molecule has 1 amide bonds. The number of nitrogens with one attached hydrogen (secondary N) is 1. The number of benzene rings is 2. The second kappa shape index (κ2) is 8.95. The highest BCUT2D eigenvalue weighted by molar-refractivity contribution is 6.31. The maximum Gasteiger partial charge on any atom is 0.224 e. The summed E-state index contributed by atoms with van der Waals surface area (Å²) in [6, 6.07) is 12.4. The van der Waals surface area contributed by atoms with Crippen LogP contribution in [0.3, 0.4) is 0 Å². The summed E-state index contributed by atoms with van der Waals surface area (Å²) < 4.78 is 18.6. The summed E-state index contributed by atoms with van der Waals surface area (Å²) in [7, 11) is 1.67. The van der Waals surface area contributed by atoms with Gasteiger partial charge in [-0.25, -0.2) is 4.39 Å². The minimum absolute atomic E-state index is 0.0683. The molecule has 0 aliphatic carbocycles. The number of methoxy groups -OCH3 is 1. The van der Waals surface area contributed by atoms with E-state index in [1.807, 2.05) is 29.2 Å². The maximum atomic E-state index is 13.2. The topological polar surface area (TPSA) is 44.8 Å². The van der Waals surface area contributed by atoms with Gasteiger partial charge in [-0.1, -0.05) is 23.7 Å². The van der Waals surface area contributed by atoms with Crippen molar-refractivity contribution >= 4 is 28.9 Å². The fraction of sp³-hybridized carbons (Fsp3) is 0.350. The van der Waals surface area contributed by atoms with Gasteiger partial charge in [-0.3, -0.25) is 4.79 Å². The summed E-state index contributed by atoms with van der Waals surface area (Å²) in [5.74, 6) is 0.501. The van der Waals surface area contributed by atoms with Gasteiger partial charge < -0.3 is 19.9 Å². The number of ether oxygens (including phenoxy) is 1. The lowest BCUT2D eigenvalue weighted by molar-refractivity contribution is -0.131. The molecule has 0 atom stereocenters. The molecule has 7 heteroatoms. The Morgan fingerprint density at radius 2 is 1.93 bits per heavy atom. The molecular formula is C20H23ClFN3O2. The molecule has 1 aliphatic heterocycles. The van der Waals surface area contributed by atoms with E-state index in [0.717, 1.165) is 24.5 Å². The van der Waals surface area contributed by atoms with Crippen molar-refractivity contribution in [3.8, 4) is 5.75 Å². The highest BCUT2D eigenvalue weighted by atomic mass is 35.5. The van der Waals surface area contributed by atoms with Crippen molar-refractivity contribution in [3.05, 3.63) is 53.3 Å². The molecule has 1 fully saturated rings. The van der Waals surface area contributed by atoms with Gasteiger partial charge in [0.25, 0.3) is 0 Å². The van der Waals surface area contributed by atoms with Crippen LogP contribution in [0.15, 0.2) is 42.5 Å². The van der Waals surface area contributed by atoms with Crippen LogP contribution in [0.25, 0.3) is 0 Å². The summed E-state index contributed by atoms with van der Waals surface area (Å²) in [6.07, 6.45) is 0.379. The molecule has 0 unspecified atom stereocenters. The number of amides is 1. The molecule has 5 nitrogen and oxygen atoms in total. The van der Waals surface area contributed by atoms with Gasteiger partial charge in [0.15, 0.2) is 0 Å². The van der Waals surface area contributed by atoms with E-state index in [-0.39, 0.29) is 10.9 Å². The van der Waals surface area contributed by atoms with Crippen molar-refractivity contribution in [1.82, 2.24) is 4.90 Å². The van der Waals surface area contributed by atoms with Gasteiger partial charge >= 0.3 is 0 Å². The standard InChI is InChI=1S/C20H23ClFN3O2/c1-27-19-5-3-2-4-18(19)24-10-12-25(13-11-24)20(26)8-9-23-15-6-7-17(22)16(21)14-15/h2-7,14,23H,8-13H2,1H3. The minimum Gasteiger partial charge on any atom is -0.495 e. The molecule has 1 aliphatic rings. The number of hydrogen-bond acceptors (Lipinski definition) is 4. The van der Waals surface area contributed by atoms with Crippen LogP contribution in [0.4, 0.5) is 15.8 Å². The van der Waals surface area contributed by atoms with Crippen LogP contribution in [-0.4, -0.2) is 50.6 Å². The smallest absolute Gasteiger partial charge is 0.224 e. The molecule has 0 radical (unpaired) electrons. The van der Waals surface area contributed by atoms with Gasteiger partial charge in [-0.05, 0) is 30.3 Å². The highest BCUT2D eigenvalue weighted by Gasteiger charge is 2.22. The van der Waals surface area contributed by atoms with E-state index in [1.54, 1.807) is 13.2 Å². The molecule has 0 aromatic heterocycles. The van der Waals surface area contributed by atoms with E-state index < -0.39 is 5.82 Å². The van der Waals surface area contributed by atoms with Crippen molar-refractivity contribution in [1.29, 1.82) is 0 Å². The SMILES string of the molecule is COc1ccccc1N1CCN(C(=O)CCNc2ccc(F)c(Cl)c2)CC1. The van der Waals surface area contributed by atoms with Gasteiger partial charge in [0, 0.05) is 44.8 Å². The fourth-order valence-electron chi connectivity index (χ4n) is 3.17. The molecule has 0 saturated carbocycles. The molecular weight excluding hydrogens is 369 g/mol. The number of rotatable bonds is 6. The zero-order valence-electron chi connectivity index (χ0n) is 15.3. The number of halogens is 2. The third-order valence-corrected chi connectivity index (χ3v) is 4.94. The van der Waals surface area contributed by atoms with E-state index in [2.05, 4.69) is 10.2 Å². The first-order chi connectivity index (χ1) is 13.1. The van der Waals surface area contributed by atoms with E-state index in [0.29, 0.717) is 31.7 Å². The number of carbonyl (C=O) groups excluding carboxylic acids is 1. The Kier molecular flexibility index (Phi) is 6.40. The van der Waals surface area contributed by atoms with Crippen molar-refractivity contribution < 1.29 is 13.9 Å². The first-order valence-electron chi connectivity index (χ1n) is 8.93. The molecule has 1 saturated heterocycles. The molecule has 0 spiro atoms. The van der Waals surface area contributed by atoms with Crippen LogP contribution in [0.2, 0.25) is 5.02 Å². The third-order valence-electron chi connectivity index (χ3n) is 4.65. The monoisotopic (exact) mass is 391 g/mol. The maximum absolute atomic E-state index is 13.2. The van der Waals surface area contributed by atoms with Crippen LogP contribution in [0, 0.1) is 5.82 Å². The minimum atomic E-state index is -0.453. The average Bonchev–Trinajstić information content (AvgIpc) is 2.70. The predicted molar refractivity (Wildman–Crippen MR) is 106 cm³/mol. The Balaban J connectivity index is 1.46. The molecule has 144 valence electrons. The Labute approximate surface area is 163 Å². The van der Waals surface area contributed by atoms with E-state index >= 15 is 0 Å². The van der Waals surface area contributed by atoms with Gasteiger partial charge in [0.2, 0.25) is 5.91 Å². The van der Waals surface area contributed by atoms with Crippen LogP contribution in [0.5, 0.6) is 5.75 Å². The number of piperazine rings is 1. The van der Waals surface area contributed by atoms with E-state index in [1.165, 1.54) is 12.1 Å². The van der Waals surface area contributed by atoms with E-state index in [9.17, 15) is 9.18 Å². The summed E-state index contributed by atoms with van der Waals surface area (Å²) in [4.78, 5) is 16.5. The first kappa shape index (κ1) is 19.3. The highest BCUT2D eigenvalue weighted by Crippen LogP contribution is 2.28. The summed E-state index contributed by atoms with van der Waals surface area (Å²) >= 11 is 5.76. The van der Waals surface area contributed by atoms with Gasteiger partial charge in [0.1, 0.15) is 11.6 Å². The Morgan fingerprint density at radius 1 is 1.19 bits per heavy atom. The average molecular weight is 392 g/mol.